The number of halogens is 3. The smallest absolute Gasteiger partial charge is 0.416 e. The van der Waals surface area contributed by atoms with Crippen molar-refractivity contribution in [3.05, 3.63) is 60.0 Å². The van der Waals surface area contributed by atoms with Crippen LogP contribution >= 0.6 is 0 Å². The summed E-state index contributed by atoms with van der Waals surface area (Å²) in [5.41, 5.74) is 0.347. The van der Waals surface area contributed by atoms with Crippen LogP contribution in [-0.4, -0.2) is 54.8 Å². The maximum absolute atomic E-state index is 13.3. The predicted octanol–water partition coefficient (Wildman–Crippen LogP) is 6.29. The van der Waals surface area contributed by atoms with Gasteiger partial charge in [-0.05, 0) is 57.9 Å². The number of carbonyl (C=O) groups is 1. The number of rotatable bonds is 4. The summed E-state index contributed by atoms with van der Waals surface area (Å²) in [6.07, 6.45) is -1.97. The van der Waals surface area contributed by atoms with Gasteiger partial charge in [-0.1, -0.05) is 18.2 Å². The van der Waals surface area contributed by atoms with Gasteiger partial charge in [-0.25, -0.2) is 9.78 Å². The van der Waals surface area contributed by atoms with Gasteiger partial charge in [0.2, 0.25) is 5.95 Å². The highest BCUT2D eigenvalue weighted by Gasteiger charge is 2.31. The Balaban J connectivity index is 1.47. The summed E-state index contributed by atoms with van der Waals surface area (Å²) in [7, 11) is 0. The molecular formula is C27H28F3N7O2. The molecule has 3 heterocycles. The van der Waals surface area contributed by atoms with Crippen LogP contribution in [0.3, 0.4) is 0 Å². The lowest BCUT2D eigenvalue weighted by Gasteiger charge is -2.33. The molecule has 12 heteroatoms. The summed E-state index contributed by atoms with van der Waals surface area (Å²) in [5.74, 6) is 0.912. The van der Waals surface area contributed by atoms with Crippen molar-refractivity contribution in [1.29, 1.82) is 0 Å². The largest absolute Gasteiger partial charge is 0.444 e. The van der Waals surface area contributed by atoms with E-state index in [1.165, 1.54) is 12.1 Å². The van der Waals surface area contributed by atoms with E-state index in [0.29, 0.717) is 43.1 Å². The van der Waals surface area contributed by atoms with Crippen LogP contribution in [0.4, 0.5) is 29.6 Å². The van der Waals surface area contributed by atoms with Crippen LogP contribution in [0.1, 0.15) is 50.9 Å². The van der Waals surface area contributed by atoms with Gasteiger partial charge in [0.05, 0.1) is 17.3 Å². The van der Waals surface area contributed by atoms with E-state index in [-0.39, 0.29) is 23.6 Å². The van der Waals surface area contributed by atoms with Crippen molar-refractivity contribution in [3.63, 3.8) is 0 Å². The molecule has 0 radical (unpaired) electrons. The van der Waals surface area contributed by atoms with E-state index >= 15 is 0 Å². The second kappa shape index (κ2) is 10.2. The van der Waals surface area contributed by atoms with Gasteiger partial charge in [-0.15, -0.1) is 0 Å². The quantitative estimate of drug-likeness (QED) is 0.314. The van der Waals surface area contributed by atoms with Crippen LogP contribution in [-0.2, 0) is 10.9 Å². The first-order valence-electron chi connectivity index (χ1n) is 12.6. The fourth-order valence-corrected chi connectivity index (χ4v) is 4.46. The SMILES string of the molecule is CC(C)(C)OC(=O)N1CCC(c2nc(Nc3cccc(C(F)(F)F)c3)nc(-c3cccc4[nH]ncc34)n2)CC1. The van der Waals surface area contributed by atoms with Gasteiger partial charge >= 0.3 is 12.3 Å². The standard InChI is InChI=1S/C27H28F3N7O2/c1-26(2,3)39-25(38)37-12-10-16(11-13-37)22-33-23(19-8-5-9-21-20(19)15-31-36-21)35-24(34-22)32-18-7-4-6-17(14-18)27(28,29)30/h4-9,14-16H,10-13H2,1-3H3,(H,31,36)(H,32,33,34,35). The van der Waals surface area contributed by atoms with Crippen LogP contribution in [0.5, 0.6) is 0 Å². The first-order chi connectivity index (χ1) is 18.5. The average Bonchev–Trinajstić information content (AvgIpc) is 3.36. The molecular weight excluding hydrogens is 511 g/mol. The molecule has 1 saturated heterocycles. The Labute approximate surface area is 222 Å². The van der Waals surface area contributed by atoms with Crippen LogP contribution in [0.2, 0.25) is 0 Å². The lowest BCUT2D eigenvalue weighted by molar-refractivity contribution is -0.137. The third kappa shape index (κ3) is 6.10. The predicted molar refractivity (Wildman–Crippen MR) is 139 cm³/mol. The van der Waals surface area contributed by atoms with Crippen molar-refractivity contribution in [2.45, 2.75) is 51.3 Å². The normalized spacial score (nSPS) is 15.0. The number of nitrogens with zero attached hydrogens (tertiary/aromatic N) is 5. The summed E-state index contributed by atoms with van der Waals surface area (Å²) < 4.78 is 45.3. The number of ether oxygens (including phenoxy) is 1. The molecule has 1 amide bonds. The molecule has 1 aliphatic rings. The molecule has 0 aliphatic carbocycles. The maximum Gasteiger partial charge on any atom is 0.416 e. The topological polar surface area (TPSA) is 109 Å². The van der Waals surface area contributed by atoms with E-state index in [1.54, 1.807) is 11.1 Å². The van der Waals surface area contributed by atoms with Crippen LogP contribution in [0.25, 0.3) is 22.3 Å². The molecule has 0 spiro atoms. The number of amides is 1. The van der Waals surface area contributed by atoms with Crippen molar-refractivity contribution in [1.82, 2.24) is 30.0 Å². The molecule has 5 rings (SSSR count). The number of anilines is 2. The summed E-state index contributed by atoms with van der Waals surface area (Å²) in [4.78, 5) is 28.1. The molecule has 0 unspecified atom stereocenters. The van der Waals surface area contributed by atoms with Crippen molar-refractivity contribution in [3.8, 4) is 11.4 Å². The molecule has 2 aromatic heterocycles. The van der Waals surface area contributed by atoms with Gasteiger partial charge < -0.3 is 15.0 Å². The van der Waals surface area contributed by atoms with Gasteiger partial charge in [0.15, 0.2) is 5.82 Å². The van der Waals surface area contributed by atoms with E-state index in [4.69, 9.17) is 9.72 Å². The average molecular weight is 540 g/mol. The lowest BCUT2D eigenvalue weighted by atomic mass is 9.96. The summed E-state index contributed by atoms with van der Waals surface area (Å²) in [6, 6.07) is 10.4. The number of aromatic nitrogens is 5. The Morgan fingerprint density at radius 3 is 2.51 bits per heavy atom. The number of hydrogen-bond donors (Lipinski definition) is 2. The van der Waals surface area contributed by atoms with E-state index in [2.05, 4.69) is 25.5 Å². The van der Waals surface area contributed by atoms with Gasteiger partial charge in [0, 0.05) is 35.6 Å². The molecule has 204 valence electrons. The molecule has 1 fully saturated rings. The minimum atomic E-state index is -4.48. The zero-order valence-electron chi connectivity index (χ0n) is 21.7. The summed E-state index contributed by atoms with van der Waals surface area (Å²) in [5, 5.41) is 10.8. The van der Waals surface area contributed by atoms with Crippen molar-refractivity contribution >= 4 is 28.6 Å². The van der Waals surface area contributed by atoms with E-state index in [1.807, 2.05) is 39.0 Å². The summed E-state index contributed by atoms with van der Waals surface area (Å²) in [6.45, 7) is 6.40. The van der Waals surface area contributed by atoms with Gasteiger partial charge in [0.1, 0.15) is 11.4 Å². The third-order valence-corrected chi connectivity index (χ3v) is 6.34. The number of alkyl halides is 3. The molecule has 2 aromatic carbocycles. The Kier molecular flexibility index (Phi) is 6.87. The Hall–Kier alpha value is -4.22. The van der Waals surface area contributed by atoms with Crippen molar-refractivity contribution in [2.75, 3.05) is 18.4 Å². The second-order valence-corrected chi connectivity index (χ2v) is 10.4. The number of nitrogens with one attached hydrogen (secondary N) is 2. The fraction of sp³-hybridized carbons (Fsp3) is 0.370. The molecule has 0 saturated carbocycles. The molecule has 1 aliphatic heterocycles. The summed E-state index contributed by atoms with van der Waals surface area (Å²) >= 11 is 0. The van der Waals surface area contributed by atoms with E-state index < -0.39 is 17.3 Å². The number of H-pyrrole nitrogens is 1. The molecule has 0 atom stereocenters. The Morgan fingerprint density at radius 2 is 1.79 bits per heavy atom. The highest BCUT2D eigenvalue weighted by molar-refractivity contribution is 5.92. The third-order valence-electron chi connectivity index (χ3n) is 6.34. The molecule has 2 N–H and O–H groups in total. The number of carbonyl (C=O) groups excluding carboxylic acids is 1. The zero-order valence-corrected chi connectivity index (χ0v) is 21.7. The van der Waals surface area contributed by atoms with Crippen LogP contribution in [0.15, 0.2) is 48.7 Å². The number of hydrogen-bond acceptors (Lipinski definition) is 7. The number of aromatic amines is 1. The Morgan fingerprint density at radius 1 is 1.05 bits per heavy atom. The molecule has 4 aromatic rings. The van der Waals surface area contributed by atoms with E-state index in [0.717, 1.165) is 23.0 Å². The zero-order chi connectivity index (χ0) is 27.8. The number of fused-ring (bicyclic) bond motifs is 1. The minimum Gasteiger partial charge on any atom is -0.444 e. The van der Waals surface area contributed by atoms with Crippen LogP contribution < -0.4 is 5.32 Å². The second-order valence-electron chi connectivity index (χ2n) is 10.4. The monoisotopic (exact) mass is 539 g/mol. The number of piperidine rings is 1. The van der Waals surface area contributed by atoms with Gasteiger partial charge in [0.25, 0.3) is 0 Å². The van der Waals surface area contributed by atoms with E-state index in [9.17, 15) is 18.0 Å². The fourth-order valence-electron chi connectivity index (χ4n) is 4.46. The van der Waals surface area contributed by atoms with Gasteiger partial charge in [-0.2, -0.15) is 28.2 Å². The Bertz CT molecular complexity index is 1490. The highest BCUT2D eigenvalue weighted by atomic mass is 19.4. The number of likely N-dealkylation sites (tertiary alicyclic amines) is 1. The van der Waals surface area contributed by atoms with Crippen molar-refractivity contribution < 1.29 is 22.7 Å². The van der Waals surface area contributed by atoms with Crippen molar-refractivity contribution in [2.24, 2.45) is 0 Å². The maximum atomic E-state index is 13.3. The molecule has 39 heavy (non-hydrogen) atoms. The molecule has 9 nitrogen and oxygen atoms in total. The first-order valence-corrected chi connectivity index (χ1v) is 12.6. The first kappa shape index (κ1) is 26.4. The van der Waals surface area contributed by atoms with Crippen LogP contribution in [0, 0.1) is 0 Å². The van der Waals surface area contributed by atoms with Gasteiger partial charge in [-0.3, -0.25) is 5.10 Å². The highest BCUT2D eigenvalue weighted by Crippen LogP contribution is 2.33. The number of benzene rings is 2. The minimum absolute atomic E-state index is 0.0870. The lowest BCUT2D eigenvalue weighted by Crippen LogP contribution is -2.41. The molecule has 0 bridgehead atoms.